The summed E-state index contributed by atoms with van der Waals surface area (Å²) in [4.78, 5) is 12.6. The van der Waals surface area contributed by atoms with Crippen LogP contribution in [0.1, 0.15) is 22.8 Å². The Morgan fingerprint density at radius 3 is 2.70 bits per heavy atom. The molecule has 1 aliphatic heterocycles. The van der Waals surface area contributed by atoms with E-state index >= 15 is 0 Å². The van der Waals surface area contributed by atoms with E-state index < -0.39 is 5.54 Å². The molecule has 0 saturated carbocycles. The molecule has 0 amide bonds. The fourth-order valence-electron chi connectivity index (χ4n) is 2.61. The molecule has 0 fully saturated rings. The molecule has 1 aliphatic rings. The Morgan fingerprint density at radius 2 is 2.00 bits per heavy atom. The van der Waals surface area contributed by atoms with Crippen molar-refractivity contribution in [1.29, 1.82) is 0 Å². The van der Waals surface area contributed by atoms with Gasteiger partial charge in [0.15, 0.2) is 5.78 Å². The summed E-state index contributed by atoms with van der Waals surface area (Å²) in [5.41, 5.74) is 2.12. The molecule has 0 spiro atoms. The monoisotopic (exact) mass is 349 g/mol. The van der Waals surface area contributed by atoms with Crippen LogP contribution in [0.15, 0.2) is 46.9 Å². The number of fused-ring (bicyclic) bond motifs is 1. The van der Waals surface area contributed by atoms with E-state index in [-0.39, 0.29) is 5.78 Å². The highest BCUT2D eigenvalue weighted by molar-refractivity contribution is 9.10. The van der Waals surface area contributed by atoms with E-state index in [1.54, 1.807) is 0 Å². The normalized spacial score (nSPS) is 20.6. The van der Waals surface area contributed by atoms with Gasteiger partial charge in [-0.25, -0.2) is 0 Å². The fraction of sp³-hybridized carbons (Fsp3) is 0.188. The highest BCUT2D eigenvalue weighted by Gasteiger charge is 2.41. The van der Waals surface area contributed by atoms with Crippen LogP contribution < -0.4 is 5.32 Å². The number of hydrogen-bond acceptors (Lipinski definition) is 2. The Bertz CT molecular complexity index is 701. The largest absolute Gasteiger partial charge is 0.372 e. The third kappa shape index (κ3) is 2.25. The molecule has 20 heavy (non-hydrogen) atoms. The number of ketones is 1. The van der Waals surface area contributed by atoms with Gasteiger partial charge in [0, 0.05) is 27.2 Å². The van der Waals surface area contributed by atoms with Gasteiger partial charge >= 0.3 is 0 Å². The minimum Gasteiger partial charge on any atom is -0.372 e. The number of rotatable bonds is 2. The topological polar surface area (TPSA) is 29.1 Å². The van der Waals surface area contributed by atoms with E-state index in [0.29, 0.717) is 11.4 Å². The van der Waals surface area contributed by atoms with Crippen molar-refractivity contribution in [3.05, 3.63) is 63.1 Å². The second kappa shape index (κ2) is 4.90. The van der Waals surface area contributed by atoms with Gasteiger partial charge in [0.1, 0.15) is 5.54 Å². The minimum absolute atomic E-state index is 0.134. The lowest BCUT2D eigenvalue weighted by atomic mass is 9.89. The zero-order valence-electron chi connectivity index (χ0n) is 10.9. The lowest BCUT2D eigenvalue weighted by molar-refractivity contribution is 0.0929. The van der Waals surface area contributed by atoms with Crippen LogP contribution in [0.4, 0.5) is 5.69 Å². The molecule has 3 rings (SSSR count). The first-order valence-electron chi connectivity index (χ1n) is 6.35. The van der Waals surface area contributed by atoms with Crippen molar-refractivity contribution in [2.75, 3.05) is 5.32 Å². The number of hydrogen-bond donors (Lipinski definition) is 1. The molecule has 1 unspecified atom stereocenters. The Hall–Kier alpha value is -1.32. The zero-order chi connectivity index (χ0) is 14.3. The Balaban J connectivity index is 1.94. The van der Waals surface area contributed by atoms with Crippen LogP contribution in [-0.2, 0) is 6.42 Å². The van der Waals surface area contributed by atoms with E-state index in [1.165, 1.54) is 0 Å². The second-order valence-electron chi connectivity index (χ2n) is 5.24. The summed E-state index contributed by atoms with van der Waals surface area (Å²) in [6, 6.07) is 13.3. The molecule has 102 valence electrons. The predicted octanol–water partition coefficient (Wildman–Crippen LogP) is 4.71. The van der Waals surface area contributed by atoms with Crippen LogP contribution in [0.3, 0.4) is 0 Å². The summed E-state index contributed by atoms with van der Waals surface area (Å²) >= 11 is 9.47. The summed E-state index contributed by atoms with van der Waals surface area (Å²) in [5.74, 6) is 0.134. The van der Waals surface area contributed by atoms with Crippen LogP contribution in [0.25, 0.3) is 0 Å². The smallest absolute Gasteiger partial charge is 0.190 e. The van der Waals surface area contributed by atoms with Gasteiger partial charge in [0.2, 0.25) is 0 Å². The molecule has 2 nitrogen and oxygen atoms in total. The highest BCUT2D eigenvalue weighted by atomic mass is 79.9. The summed E-state index contributed by atoms with van der Waals surface area (Å²) in [7, 11) is 0. The average Bonchev–Trinajstić information content (AvgIpc) is 2.66. The third-order valence-electron chi connectivity index (χ3n) is 3.64. The molecule has 0 aromatic heterocycles. The maximum absolute atomic E-state index is 12.6. The van der Waals surface area contributed by atoms with Crippen LogP contribution >= 0.6 is 27.5 Å². The lowest BCUT2D eigenvalue weighted by Gasteiger charge is -2.24. The van der Waals surface area contributed by atoms with Crippen LogP contribution in [0.2, 0.25) is 5.02 Å². The van der Waals surface area contributed by atoms with Crippen LogP contribution in [0, 0.1) is 0 Å². The highest BCUT2D eigenvalue weighted by Crippen LogP contribution is 2.35. The maximum atomic E-state index is 12.6. The molecular formula is C16H13BrClNO. The first-order valence-corrected chi connectivity index (χ1v) is 7.53. The number of carbonyl (C=O) groups is 1. The van der Waals surface area contributed by atoms with Crippen LogP contribution in [0.5, 0.6) is 0 Å². The first kappa shape index (κ1) is 13.7. The van der Waals surface area contributed by atoms with Gasteiger partial charge in [-0.05, 0) is 36.8 Å². The Labute approximate surface area is 131 Å². The molecule has 0 saturated heterocycles. The third-order valence-corrected chi connectivity index (χ3v) is 4.62. The SMILES string of the molecule is CC1(Cc2ccc(Cl)cc2Br)Nc2ccccc2C1=O. The van der Waals surface area contributed by atoms with Gasteiger partial charge in [-0.2, -0.15) is 0 Å². The number of benzene rings is 2. The number of carbonyl (C=O) groups excluding carboxylic acids is 1. The second-order valence-corrected chi connectivity index (χ2v) is 6.54. The van der Waals surface area contributed by atoms with Crippen molar-refractivity contribution in [2.45, 2.75) is 18.9 Å². The lowest BCUT2D eigenvalue weighted by Crippen LogP contribution is -2.40. The number of anilines is 1. The van der Waals surface area contributed by atoms with E-state index in [0.717, 1.165) is 21.3 Å². The van der Waals surface area contributed by atoms with E-state index in [4.69, 9.17) is 11.6 Å². The van der Waals surface area contributed by atoms with Crippen molar-refractivity contribution < 1.29 is 4.79 Å². The number of para-hydroxylation sites is 1. The van der Waals surface area contributed by atoms with Gasteiger partial charge in [-0.3, -0.25) is 4.79 Å². The summed E-state index contributed by atoms with van der Waals surface area (Å²) in [6.45, 7) is 1.94. The molecule has 1 N–H and O–H groups in total. The van der Waals surface area contributed by atoms with Crippen LogP contribution in [-0.4, -0.2) is 11.3 Å². The maximum Gasteiger partial charge on any atom is 0.190 e. The molecule has 0 radical (unpaired) electrons. The number of halogens is 2. The van der Waals surface area contributed by atoms with Crippen molar-refractivity contribution in [2.24, 2.45) is 0 Å². The van der Waals surface area contributed by atoms with Crippen molar-refractivity contribution in [3.8, 4) is 0 Å². The van der Waals surface area contributed by atoms with E-state index in [1.807, 2.05) is 49.4 Å². The van der Waals surface area contributed by atoms with Crippen molar-refractivity contribution in [3.63, 3.8) is 0 Å². The van der Waals surface area contributed by atoms with E-state index in [9.17, 15) is 4.79 Å². The van der Waals surface area contributed by atoms with Crippen molar-refractivity contribution in [1.82, 2.24) is 0 Å². The molecule has 4 heteroatoms. The number of nitrogens with one attached hydrogen (secondary N) is 1. The van der Waals surface area contributed by atoms with Gasteiger partial charge in [-0.1, -0.05) is 45.7 Å². The molecule has 2 aromatic carbocycles. The summed E-state index contributed by atoms with van der Waals surface area (Å²) in [6.07, 6.45) is 0.609. The Kier molecular flexibility index (Phi) is 3.35. The van der Waals surface area contributed by atoms with Gasteiger partial charge in [0.05, 0.1) is 0 Å². The quantitative estimate of drug-likeness (QED) is 0.849. The predicted molar refractivity (Wildman–Crippen MR) is 85.7 cm³/mol. The summed E-state index contributed by atoms with van der Waals surface area (Å²) < 4.78 is 0.928. The standard InChI is InChI=1S/C16H13BrClNO/c1-16(9-10-6-7-11(18)8-13(10)17)15(20)12-4-2-3-5-14(12)19-16/h2-8,19H,9H2,1H3. The van der Waals surface area contributed by atoms with Crippen molar-refractivity contribution >= 4 is 39.0 Å². The molecule has 1 heterocycles. The molecule has 0 aliphatic carbocycles. The Morgan fingerprint density at radius 1 is 1.25 bits per heavy atom. The first-order chi connectivity index (χ1) is 9.49. The summed E-state index contributed by atoms with van der Waals surface area (Å²) in [5, 5.41) is 4.03. The zero-order valence-corrected chi connectivity index (χ0v) is 13.3. The fourth-order valence-corrected chi connectivity index (χ4v) is 3.43. The molecule has 1 atom stereocenters. The average molecular weight is 351 g/mol. The molecule has 0 bridgehead atoms. The van der Waals surface area contributed by atoms with Gasteiger partial charge in [-0.15, -0.1) is 0 Å². The van der Waals surface area contributed by atoms with Gasteiger partial charge < -0.3 is 5.32 Å². The minimum atomic E-state index is -0.611. The molecular weight excluding hydrogens is 338 g/mol. The molecule has 2 aromatic rings. The van der Waals surface area contributed by atoms with E-state index in [2.05, 4.69) is 21.2 Å². The van der Waals surface area contributed by atoms with Gasteiger partial charge in [0.25, 0.3) is 0 Å². The number of Topliss-reactive ketones (excluding diaryl/α,β-unsaturated/α-hetero) is 1.